The Morgan fingerprint density at radius 3 is 2.18 bits per heavy atom. The van der Waals surface area contributed by atoms with Crippen LogP contribution in [-0.2, 0) is 11.3 Å². The number of nitrogens with zero attached hydrogens (tertiary/aromatic N) is 4. The quantitative estimate of drug-likeness (QED) is 0.530. The average Bonchev–Trinajstić information content (AvgIpc) is 3.19. The molecule has 10 heteroatoms. The first-order valence-corrected chi connectivity index (χ1v) is 13.5. The normalized spacial score (nSPS) is 18.0. The molecule has 1 aromatic heterocycles. The Balaban J connectivity index is 1.47. The van der Waals surface area contributed by atoms with Gasteiger partial charge in [-0.2, -0.15) is 0 Å². The van der Waals surface area contributed by atoms with E-state index in [4.69, 9.17) is 9.47 Å². The number of rotatable bonds is 6. The van der Waals surface area contributed by atoms with Gasteiger partial charge in [0.05, 0.1) is 6.54 Å². The second kappa shape index (κ2) is 11.5. The van der Waals surface area contributed by atoms with Gasteiger partial charge in [-0.25, -0.2) is 13.6 Å². The predicted octanol–water partition coefficient (Wildman–Crippen LogP) is 4.85. The summed E-state index contributed by atoms with van der Waals surface area (Å²) in [5, 5.41) is 0.693. The number of benzene rings is 1. The number of alkyl halides is 2. The molecule has 0 bridgehead atoms. The van der Waals surface area contributed by atoms with E-state index in [1.165, 1.54) is 4.57 Å². The number of halogens is 2. The van der Waals surface area contributed by atoms with Gasteiger partial charge in [0.25, 0.3) is 12.3 Å². The van der Waals surface area contributed by atoms with Crippen LogP contribution >= 0.6 is 0 Å². The topological polar surface area (TPSA) is 67.2 Å². The Kier molecular flexibility index (Phi) is 8.49. The molecule has 2 aromatic rings. The average molecular weight is 535 g/mol. The number of carbonyl (C=O) groups is 2. The van der Waals surface area contributed by atoms with Crippen molar-refractivity contribution in [3.05, 3.63) is 30.0 Å². The van der Waals surface area contributed by atoms with Gasteiger partial charge in [-0.3, -0.25) is 4.79 Å². The molecule has 0 N–H and O–H groups in total. The first kappa shape index (κ1) is 28.1. The van der Waals surface area contributed by atoms with E-state index in [9.17, 15) is 18.4 Å². The van der Waals surface area contributed by atoms with Crippen LogP contribution in [0.4, 0.5) is 13.6 Å². The summed E-state index contributed by atoms with van der Waals surface area (Å²) in [7, 11) is 0. The first-order chi connectivity index (χ1) is 17.9. The lowest BCUT2D eigenvalue weighted by Gasteiger charge is -2.35. The summed E-state index contributed by atoms with van der Waals surface area (Å²) in [5.41, 5.74) is 0.185. The number of aromatic nitrogens is 1. The zero-order chi connectivity index (χ0) is 27.6. The molecule has 0 aliphatic carbocycles. The Morgan fingerprint density at radius 1 is 0.974 bits per heavy atom. The molecule has 0 radical (unpaired) electrons. The van der Waals surface area contributed by atoms with E-state index in [1.54, 1.807) is 48.8 Å². The number of carbonyl (C=O) groups excluding carboxylic acids is 2. The van der Waals surface area contributed by atoms with Crippen LogP contribution in [0.2, 0.25) is 0 Å². The summed E-state index contributed by atoms with van der Waals surface area (Å²) in [4.78, 5) is 31.4. The molecule has 0 atom stereocenters. The molecule has 3 heterocycles. The van der Waals surface area contributed by atoms with Crippen molar-refractivity contribution >= 4 is 22.9 Å². The van der Waals surface area contributed by atoms with Crippen LogP contribution in [0.15, 0.2) is 24.3 Å². The molecule has 0 spiro atoms. The van der Waals surface area contributed by atoms with E-state index in [-0.39, 0.29) is 17.7 Å². The number of fused-ring (bicyclic) bond motifs is 1. The number of likely N-dealkylation sites (tertiary alicyclic amines) is 1. The van der Waals surface area contributed by atoms with E-state index < -0.39 is 24.7 Å². The maximum absolute atomic E-state index is 13.5. The number of hydrogen-bond acceptors (Lipinski definition) is 5. The second-order valence-electron chi connectivity index (χ2n) is 11.5. The number of piperazine rings is 1. The zero-order valence-corrected chi connectivity index (χ0v) is 23.1. The molecule has 210 valence electrons. The van der Waals surface area contributed by atoms with Crippen molar-refractivity contribution in [2.24, 2.45) is 0 Å². The van der Waals surface area contributed by atoms with Crippen molar-refractivity contribution in [2.75, 3.05) is 39.3 Å². The van der Waals surface area contributed by atoms with E-state index >= 15 is 0 Å². The number of piperidine rings is 1. The Labute approximate surface area is 223 Å². The van der Waals surface area contributed by atoms with Crippen LogP contribution < -0.4 is 4.74 Å². The summed E-state index contributed by atoms with van der Waals surface area (Å²) in [5.74, 6) is 0.355. The number of hydrogen-bond donors (Lipinski definition) is 0. The summed E-state index contributed by atoms with van der Waals surface area (Å²) in [6.07, 6.45) is -1.06. The van der Waals surface area contributed by atoms with Gasteiger partial charge in [0, 0.05) is 56.2 Å². The Bertz CT molecular complexity index is 1130. The van der Waals surface area contributed by atoms with Crippen LogP contribution in [0.3, 0.4) is 0 Å². The van der Waals surface area contributed by atoms with Crippen molar-refractivity contribution in [2.45, 2.75) is 78.2 Å². The standard InChI is InChI=1S/C28H40F2N4O4/c1-19(2)31-10-8-21(9-11-31)37-22-6-7-23-20(16-22)17-24(34(23)18-25(29)30)26(35)32-12-14-33(15-13-32)27(36)38-28(3,4)5/h6-7,16-17,19,21,25H,8-15,18H2,1-5H3. The van der Waals surface area contributed by atoms with E-state index in [1.807, 2.05) is 6.07 Å². The van der Waals surface area contributed by atoms with Crippen LogP contribution in [0.25, 0.3) is 10.9 Å². The van der Waals surface area contributed by atoms with Crippen molar-refractivity contribution in [1.82, 2.24) is 19.3 Å². The maximum Gasteiger partial charge on any atom is 0.410 e. The van der Waals surface area contributed by atoms with Crippen LogP contribution in [0.5, 0.6) is 5.75 Å². The highest BCUT2D eigenvalue weighted by Gasteiger charge is 2.30. The molecule has 2 saturated heterocycles. The molecule has 2 aliphatic rings. The third-order valence-corrected chi connectivity index (χ3v) is 7.14. The highest BCUT2D eigenvalue weighted by atomic mass is 19.3. The van der Waals surface area contributed by atoms with Gasteiger partial charge in [-0.05, 0) is 71.7 Å². The van der Waals surface area contributed by atoms with Gasteiger partial charge in [-0.1, -0.05) is 0 Å². The minimum atomic E-state index is -2.61. The van der Waals surface area contributed by atoms with Crippen molar-refractivity contribution < 1.29 is 27.8 Å². The Morgan fingerprint density at radius 2 is 1.61 bits per heavy atom. The molecule has 0 unspecified atom stereocenters. The molecule has 2 aliphatic heterocycles. The molecular formula is C28H40F2N4O4. The molecule has 2 fully saturated rings. The summed E-state index contributed by atoms with van der Waals surface area (Å²) < 4.78 is 40.1. The Hall–Kier alpha value is -2.88. The van der Waals surface area contributed by atoms with Crippen LogP contribution in [0.1, 0.15) is 57.9 Å². The second-order valence-corrected chi connectivity index (χ2v) is 11.5. The van der Waals surface area contributed by atoms with Crippen molar-refractivity contribution in [1.29, 1.82) is 0 Å². The van der Waals surface area contributed by atoms with E-state index in [0.29, 0.717) is 48.9 Å². The first-order valence-electron chi connectivity index (χ1n) is 13.5. The fraction of sp³-hybridized carbons (Fsp3) is 0.643. The highest BCUT2D eigenvalue weighted by Crippen LogP contribution is 2.29. The van der Waals surface area contributed by atoms with Gasteiger partial charge in [-0.15, -0.1) is 0 Å². The summed E-state index contributed by atoms with van der Waals surface area (Å²) >= 11 is 0. The summed E-state index contributed by atoms with van der Waals surface area (Å²) in [6.45, 7) is 12.4. The minimum Gasteiger partial charge on any atom is -0.490 e. The number of ether oxygens (including phenoxy) is 2. The van der Waals surface area contributed by atoms with Gasteiger partial charge in [0.15, 0.2) is 0 Å². The smallest absolute Gasteiger partial charge is 0.410 e. The third-order valence-electron chi connectivity index (χ3n) is 7.14. The largest absolute Gasteiger partial charge is 0.490 e. The van der Waals surface area contributed by atoms with Crippen LogP contribution in [0, 0.1) is 0 Å². The monoisotopic (exact) mass is 534 g/mol. The van der Waals surface area contributed by atoms with Gasteiger partial charge >= 0.3 is 6.09 Å². The molecular weight excluding hydrogens is 494 g/mol. The van der Waals surface area contributed by atoms with E-state index in [0.717, 1.165) is 25.9 Å². The maximum atomic E-state index is 13.5. The van der Waals surface area contributed by atoms with Crippen molar-refractivity contribution in [3.8, 4) is 5.75 Å². The van der Waals surface area contributed by atoms with Crippen molar-refractivity contribution in [3.63, 3.8) is 0 Å². The third kappa shape index (κ3) is 6.76. The SMILES string of the molecule is CC(C)N1CCC(Oc2ccc3c(c2)cc(C(=O)N2CCN(C(=O)OC(C)(C)C)CC2)n3CC(F)F)CC1. The van der Waals surface area contributed by atoms with E-state index in [2.05, 4.69) is 18.7 Å². The molecule has 1 aromatic carbocycles. The lowest BCUT2D eigenvalue weighted by atomic mass is 10.1. The van der Waals surface area contributed by atoms with Crippen LogP contribution in [-0.4, -0.2) is 94.7 Å². The molecule has 2 amide bonds. The molecule has 4 rings (SSSR count). The highest BCUT2D eigenvalue weighted by molar-refractivity contribution is 5.99. The zero-order valence-electron chi connectivity index (χ0n) is 23.1. The minimum absolute atomic E-state index is 0.105. The fourth-order valence-electron chi connectivity index (χ4n) is 5.12. The summed E-state index contributed by atoms with van der Waals surface area (Å²) in [6, 6.07) is 7.58. The lowest BCUT2D eigenvalue weighted by Crippen LogP contribution is -2.51. The lowest BCUT2D eigenvalue weighted by molar-refractivity contribution is 0.0138. The molecule has 8 nitrogen and oxygen atoms in total. The van der Waals surface area contributed by atoms with Gasteiger partial charge < -0.3 is 28.7 Å². The number of amides is 2. The molecule has 0 saturated carbocycles. The van der Waals surface area contributed by atoms with Gasteiger partial charge in [0.1, 0.15) is 23.1 Å². The molecule has 38 heavy (non-hydrogen) atoms. The van der Waals surface area contributed by atoms with Gasteiger partial charge in [0.2, 0.25) is 0 Å². The fourth-order valence-corrected chi connectivity index (χ4v) is 5.12. The predicted molar refractivity (Wildman–Crippen MR) is 142 cm³/mol.